The maximum atomic E-state index is 13.8. The minimum Gasteiger partial charge on any atom is -0.497 e. The van der Waals surface area contributed by atoms with Crippen LogP contribution >= 0.6 is 24.0 Å². The fraction of sp³-hybridized carbons (Fsp3) is 0.200. The van der Waals surface area contributed by atoms with E-state index in [1.807, 2.05) is 90.7 Å². The smallest absolute Gasteiger partial charge is 0.255 e. The van der Waals surface area contributed by atoms with E-state index in [4.69, 9.17) is 16.3 Å². The van der Waals surface area contributed by atoms with Gasteiger partial charge in [0.15, 0.2) is 0 Å². The molecule has 0 N–H and O–H groups in total. The molecule has 4 aromatic rings. The Morgan fingerprint density at radius 1 is 0.921 bits per heavy atom. The first kappa shape index (κ1) is 27.1. The van der Waals surface area contributed by atoms with Crippen molar-refractivity contribution in [2.75, 3.05) is 38.2 Å². The second-order valence-electron chi connectivity index (χ2n) is 8.95. The molecule has 1 amide bonds. The van der Waals surface area contributed by atoms with Crippen molar-refractivity contribution in [3.8, 4) is 28.8 Å². The highest BCUT2D eigenvalue weighted by Gasteiger charge is 2.27. The van der Waals surface area contributed by atoms with Gasteiger partial charge in [0, 0.05) is 31.9 Å². The van der Waals surface area contributed by atoms with Crippen LogP contribution in [0.25, 0.3) is 16.9 Å². The first-order chi connectivity index (χ1) is 18.0. The van der Waals surface area contributed by atoms with Crippen molar-refractivity contribution in [3.63, 3.8) is 0 Å². The number of carbonyl (C=O) groups is 1. The van der Waals surface area contributed by atoms with Crippen molar-refractivity contribution in [1.29, 1.82) is 5.26 Å². The van der Waals surface area contributed by atoms with Crippen molar-refractivity contribution in [1.82, 2.24) is 9.47 Å². The lowest BCUT2D eigenvalue weighted by atomic mass is 10.1. The summed E-state index contributed by atoms with van der Waals surface area (Å²) in [6.07, 6.45) is 0. The fourth-order valence-electron chi connectivity index (χ4n) is 4.91. The standard InChI is InChI=1S/C30H27ClN4O2.ClH/c1-21-25(30(36)34-17-15-33(16-18-34)27-9-5-3-7-23(27)20-32)19-29(22-11-13-24(37-2)14-12-22)35(21)28-10-6-4-8-26(28)31;/h3-14,19H,15-18H2,1-2H3;1H. The lowest BCUT2D eigenvalue weighted by molar-refractivity contribution is 0.0746. The van der Waals surface area contributed by atoms with E-state index in [1.54, 1.807) is 7.11 Å². The van der Waals surface area contributed by atoms with Gasteiger partial charge in [0.1, 0.15) is 11.8 Å². The molecule has 1 fully saturated rings. The lowest BCUT2D eigenvalue weighted by Gasteiger charge is -2.36. The van der Waals surface area contributed by atoms with Crippen LogP contribution in [-0.2, 0) is 0 Å². The molecular formula is C30H28Cl2N4O2. The third kappa shape index (κ3) is 5.08. The zero-order chi connectivity index (χ0) is 25.9. The summed E-state index contributed by atoms with van der Waals surface area (Å²) < 4.78 is 7.38. The first-order valence-electron chi connectivity index (χ1n) is 12.2. The number of piperazine rings is 1. The molecule has 0 unspecified atom stereocenters. The topological polar surface area (TPSA) is 61.5 Å². The number of hydrogen-bond acceptors (Lipinski definition) is 4. The Kier molecular flexibility index (Phi) is 8.31. The molecule has 3 aromatic carbocycles. The Labute approximate surface area is 234 Å². The summed E-state index contributed by atoms with van der Waals surface area (Å²) in [7, 11) is 1.64. The summed E-state index contributed by atoms with van der Waals surface area (Å²) in [5.41, 5.74) is 5.72. The number of benzene rings is 3. The minimum atomic E-state index is -0.00807. The predicted octanol–water partition coefficient (Wildman–Crippen LogP) is 6.37. The van der Waals surface area contributed by atoms with Crippen LogP contribution in [0.2, 0.25) is 5.02 Å². The van der Waals surface area contributed by atoms with E-state index in [1.165, 1.54) is 0 Å². The molecule has 0 saturated carbocycles. The van der Waals surface area contributed by atoms with Gasteiger partial charge in [0.2, 0.25) is 0 Å². The molecule has 1 aliphatic heterocycles. The molecule has 8 heteroatoms. The monoisotopic (exact) mass is 546 g/mol. The van der Waals surface area contributed by atoms with E-state index in [9.17, 15) is 10.1 Å². The molecule has 6 nitrogen and oxygen atoms in total. The molecule has 5 rings (SSSR count). The number of nitrogens with zero attached hydrogens (tertiary/aromatic N) is 4. The number of anilines is 1. The summed E-state index contributed by atoms with van der Waals surface area (Å²) in [5.74, 6) is 0.759. The number of nitriles is 1. The number of hydrogen-bond donors (Lipinski definition) is 0. The molecule has 0 spiro atoms. The van der Waals surface area contributed by atoms with Crippen LogP contribution in [0.15, 0.2) is 78.9 Å². The van der Waals surface area contributed by atoms with Gasteiger partial charge in [-0.25, -0.2) is 0 Å². The Morgan fingerprint density at radius 2 is 1.55 bits per heavy atom. The first-order valence-corrected chi connectivity index (χ1v) is 12.5. The quantitative estimate of drug-likeness (QED) is 0.291. The minimum absolute atomic E-state index is 0. The van der Waals surface area contributed by atoms with E-state index in [0.29, 0.717) is 42.3 Å². The molecule has 194 valence electrons. The SMILES string of the molecule is COc1ccc(-c2cc(C(=O)N3CCN(c4ccccc4C#N)CC3)c(C)n2-c2ccccc2Cl)cc1.Cl. The molecule has 0 bridgehead atoms. The highest BCUT2D eigenvalue weighted by atomic mass is 35.5. The fourth-order valence-corrected chi connectivity index (χ4v) is 5.13. The number of methoxy groups -OCH3 is 1. The van der Waals surface area contributed by atoms with E-state index >= 15 is 0 Å². The maximum absolute atomic E-state index is 13.8. The van der Waals surface area contributed by atoms with Crippen molar-refractivity contribution in [2.45, 2.75) is 6.92 Å². The zero-order valence-electron chi connectivity index (χ0n) is 21.2. The summed E-state index contributed by atoms with van der Waals surface area (Å²) in [5, 5.41) is 10.1. The molecular weight excluding hydrogens is 519 g/mol. The number of ether oxygens (including phenoxy) is 1. The number of amides is 1. The summed E-state index contributed by atoms with van der Waals surface area (Å²) in [6.45, 7) is 4.45. The van der Waals surface area contributed by atoms with Crippen LogP contribution in [0.1, 0.15) is 21.6 Å². The average molecular weight is 547 g/mol. The molecule has 1 aromatic heterocycles. The summed E-state index contributed by atoms with van der Waals surface area (Å²) in [6, 6.07) is 27.3. The van der Waals surface area contributed by atoms with Gasteiger partial charge in [-0.05, 0) is 67.1 Å². The van der Waals surface area contributed by atoms with Crippen molar-refractivity contribution >= 4 is 35.6 Å². The highest BCUT2D eigenvalue weighted by molar-refractivity contribution is 6.32. The van der Waals surface area contributed by atoms with Gasteiger partial charge in [0.05, 0.1) is 40.3 Å². The van der Waals surface area contributed by atoms with Crippen LogP contribution in [0.5, 0.6) is 5.75 Å². The third-order valence-corrected chi connectivity index (χ3v) is 7.21. The molecule has 1 aliphatic rings. The highest BCUT2D eigenvalue weighted by Crippen LogP contribution is 2.34. The second kappa shape index (κ2) is 11.6. The van der Waals surface area contributed by atoms with Crippen molar-refractivity contribution < 1.29 is 9.53 Å². The molecule has 0 aliphatic carbocycles. The van der Waals surface area contributed by atoms with Gasteiger partial charge in [-0.15, -0.1) is 12.4 Å². The summed E-state index contributed by atoms with van der Waals surface area (Å²) >= 11 is 6.61. The Balaban J connectivity index is 0.00000336. The molecule has 38 heavy (non-hydrogen) atoms. The van der Waals surface area contributed by atoms with Gasteiger partial charge in [0.25, 0.3) is 5.91 Å². The van der Waals surface area contributed by atoms with Gasteiger partial charge in [-0.1, -0.05) is 35.9 Å². The van der Waals surface area contributed by atoms with Crippen LogP contribution in [0.3, 0.4) is 0 Å². The Morgan fingerprint density at radius 3 is 2.18 bits per heavy atom. The van der Waals surface area contributed by atoms with Gasteiger partial charge < -0.3 is 19.1 Å². The lowest BCUT2D eigenvalue weighted by Crippen LogP contribution is -2.49. The molecule has 0 radical (unpaired) electrons. The summed E-state index contributed by atoms with van der Waals surface area (Å²) in [4.78, 5) is 17.9. The largest absolute Gasteiger partial charge is 0.497 e. The third-order valence-electron chi connectivity index (χ3n) is 6.89. The van der Waals surface area contributed by atoms with Crippen LogP contribution in [0.4, 0.5) is 5.69 Å². The molecule has 2 heterocycles. The predicted molar refractivity (Wildman–Crippen MR) is 154 cm³/mol. The van der Waals surface area contributed by atoms with Gasteiger partial charge in [-0.3, -0.25) is 4.79 Å². The number of aromatic nitrogens is 1. The number of rotatable bonds is 5. The number of carbonyl (C=O) groups excluding carboxylic acids is 1. The van der Waals surface area contributed by atoms with E-state index in [0.717, 1.165) is 34.1 Å². The Hall–Kier alpha value is -3.92. The maximum Gasteiger partial charge on any atom is 0.255 e. The van der Waals surface area contributed by atoms with Crippen LogP contribution < -0.4 is 9.64 Å². The normalized spacial score (nSPS) is 13.0. The second-order valence-corrected chi connectivity index (χ2v) is 9.36. The zero-order valence-corrected chi connectivity index (χ0v) is 22.8. The molecule has 1 saturated heterocycles. The van der Waals surface area contributed by atoms with Gasteiger partial charge >= 0.3 is 0 Å². The van der Waals surface area contributed by atoms with E-state index < -0.39 is 0 Å². The number of halogens is 2. The molecule has 0 atom stereocenters. The van der Waals surface area contributed by atoms with Crippen LogP contribution in [-0.4, -0.2) is 48.7 Å². The Bertz CT molecular complexity index is 1480. The van der Waals surface area contributed by atoms with Crippen molar-refractivity contribution in [3.05, 3.63) is 101 Å². The van der Waals surface area contributed by atoms with Crippen molar-refractivity contribution in [2.24, 2.45) is 0 Å². The number of para-hydroxylation sites is 2. The average Bonchev–Trinajstić information content (AvgIpc) is 3.29. The van der Waals surface area contributed by atoms with E-state index in [-0.39, 0.29) is 18.3 Å². The van der Waals surface area contributed by atoms with Crippen LogP contribution in [0, 0.1) is 18.3 Å². The van der Waals surface area contributed by atoms with Gasteiger partial charge in [-0.2, -0.15) is 5.26 Å². The van der Waals surface area contributed by atoms with E-state index in [2.05, 4.69) is 15.5 Å².